The first-order valence-electron chi connectivity index (χ1n) is 6.42. The van der Waals surface area contributed by atoms with Crippen LogP contribution in [0, 0.1) is 5.82 Å². The van der Waals surface area contributed by atoms with Crippen LogP contribution in [0.3, 0.4) is 0 Å². The zero-order valence-electron chi connectivity index (χ0n) is 11.7. The van der Waals surface area contributed by atoms with Gasteiger partial charge in [0.1, 0.15) is 5.82 Å². The molecule has 19 heavy (non-hydrogen) atoms. The van der Waals surface area contributed by atoms with E-state index in [1.807, 2.05) is 25.8 Å². The normalized spacial score (nSPS) is 12.5. The lowest BCUT2D eigenvalue weighted by Gasteiger charge is -2.23. The van der Waals surface area contributed by atoms with Crippen molar-refractivity contribution in [3.63, 3.8) is 0 Å². The average Bonchev–Trinajstić information content (AvgIpc) is 2.34. The van der Waals surface area contributed by atoms with Gasteiger partial charge in [0, 0.05) is 25.3 Å². The molecule has 4 nitrogen and oxygen atoms in total. The average molecular weight is 267 g/mol. The summed E-state index contributed by atoms with van der Waals surface area (Å²) in [6, 6.07) is 6.12. The Bertz CT molecular complexity index is 406. The number of anilines is 1. The molecule has 0 saturated heterocycles. The lowest BCUT2D eigenvalue weighted by atomic mass is 10.1. The van der Waals surface area contributed by atoms with Gasteiger partial charge in [0.05, 0.1) is 6.04 Å². The third kappa shape index (κ3) is 5.26. The van der Waals surface area contributed by atoms with Crippen molar-refractivity contribution in [2.75, 3.05) is 18.5 Å². The van der Waals surface area contributed by atoms with Gasteiger partial charge in [0.25, 0.3) is 0 Å². The molecule has 0 bridgehead atoms. The number of nitrogens with two attached hydrogens (primary N) is 1. The number of benzene rings is 1. The van der Waals surface area contributed by atoms with E-state index < -0.39 is 0 Å². The molecule has 3 N–H and O–H groups in total. The zero-order chi connectivity index (χ0) is 14.4. The van der Waals surface area contributed by atoms with E-state index in [0.29, 0.717) is 13.0 Å². The van der Waals surface area contributed by atoms with E-state index in [-0.39, 0.29) is 23.8 Å². The summed E-state index contributed by atoms with van der Waals surface area (Å²) < 4.78 is 12.8. The number of rotatable bonds is 7. The molecule has 1 aromatic rings. The van der Waals surface area contributed by atoms with Gasteiger partial charge in [0.15, 0.2) is 0 Å². The summed E-state index contributed by atoms with van der Waals surface area (Å²) in [5.41, 5.74) is 6.27. The molecule has 0 aliphatic rings. The fourth-order valence-corrected chi connectivity index (χ4v) is 1.86. The second-order valence-corrected chi connectivity index (χ2v) is 4.96. The Morgan fingerprint density at radius 1 is 1.37 bits per heavy atom. The van der Waals surface area contributed by atoms with E-state index in [0.717, 1.165) is 5.69 Å². The molecule has 0 fully saturated rings. The van der Waals surface area contributed by atoms with E-state index in [4.69, 9.17) is 5.73 Å². The molecule has 0 saturated carbocycles. The summed E-state index contributed by atoms with van der Waals surface area (Å²) in [5.74, 6) is -0.602. The van der Waals surface area contributed by atoms with Crippen LogP contribution < -0.4 is 16.0 Å². The van der Waals surface area contributed by atoms with Gasteiger partial charge in [-0.3, -0.25) is 4.79 Å². The zero-order valence-corrected chi connectivity index (χ0v) is 11.7. The molecule has 5 heteroatoms. The Morgan fingerprint density at radius 2 is 1.95 bits per heavy atom. The summed E-state index contributed by atoms with van der Waals surface area (Å²) in [4.78, 5) is 13.3. The molecule has 1 atom stereocenters. The summed E-state index contributed by atoms with van der Waals surface area (Å²) in [7, 11) is 1.90. The molecule has 0 heterocycles. The lowest BCUT2D eigenvalue weighted by Crippen LogP contribution is -2.46. The van der Waals surface area contributed by atoms with Gasteiger partial charge in [-0.1, -0.05) is 13.8 Å². The Balaban J connectivity index is 2.54. The first kappa shape index (κ1) is 15.4. The van der Waals surface area contributed by atoms with Crippen molar-refractivity contribution in [3.8, 4) is 0 Å². The minimum absolute atomic E-state index is 0.202. The van der Waals surface area contributed by atoms with Crippen molar-refractivity contribution in [1.82, 2.24) is 5.32 Å². The summed E-state index contributed by atoms with van der Waals surface area (Å²) in [5, 5.41) is 3.13. The second kappa shape index (κ2) is 7.09. The second-order valence-electron chi connectivity index (χ2n) is 4.96. The summed E-state index contributed by atoms with van der Waals surface area (Å²) >= 11 is 0. The molecule has 0 aliphatic carbocycles. The molecule has 1 unspecified atom stereocenters. The van der Waals surface area contributed by atoms with E-state index in [1.165, 1.54) is 12.1 Å². The van der Waals surface area contributed by atoms with Gasteiger partial charge in [-0.05, 0) is 30.7 Å². The number of carbonyl (C=O) groups is 1. The van der Waals surface area contributed by atoms with Gasteiger partial charge < -0.3 is 16.0 Å². The first-order chi connectivity index (χ1) is 8.90. The Kier molecular flexibility index (Phi) is 5.76. The van der Waals surface area contributed by atoms with Crippen LogP contribution >= 0.6 is 0 Å². The number of hydrogen-bond donors (Lipinski definition) is 2. The molecule has 1 amide bonds. The highest BCUT2D eigenvalue weighted by Gasteiger charge is 2.16. The van der Waals surface area contributed by atoms with E-state index in [2.05, 4.69) is 5.32 Å². The predicted octanol–water partition coefficient (Wildman–Crippen LogP) is 1.50. The third-order valence-electron chi connectivity index (χ3n) is 2.90. The van der Waals surface area contributed by atoms with Gasteiger partial charge in [-0.15, -0.1) is 0 Å². The monoisotopic (exact) mass is 267 g/mol. The fourth-order valence-electron chi connectivity index (χ4n) is 1.86. The molecule has 0 radical (unpaired) electrons. The van der Waals surface area contributed by atoms with Crippen molar-refractivity contribution in [2.24, 2.45) is 5.73 Å². The van der Waals surface area contributed by atoms with Crippen LogP contribution in [0.2, 0.25) is 0 Å². The Hall–Kier alpha value is -1.62. The van der Waals surface area contributed by atoms with Crippen LogP contribution in [0.4, 0.5) is 10.1 Å². The highest BCUT2D eigenvalue weighted by Crippen LogP contribution is 2.13. The van der Waals surface area contributed by atoms with Crippen LogP contribution in [0.25, 0.3) is 0 Å². The van der Waals surface area contributed by atoms with Crippen molar-refractivity contribution >= 4 is 11.6 Å². The number of primary amides is 1. The van der Waals surface area contributed by atoms with E-state index >= 15 is 0 Å². The maximum Gasteiger partial charge on any atom is 0.234 e. The standard InChI is InChI=1S/C14H22FN3O/c1-10(2)17-13(14(16)19)8-9-18(3)12-6-4-11(15)5-7-12/h4-7,10,13,17H,8-9H2,1-3H3,(H2,16,19). The number of carbonyl (C=O) groups excluding carboxylic acids is 1. The highest BCUT2D eigenvalue weighted by atomic mass is 19.1. The SMILES string of the molecule is CC(C)NC(CCN(C)c1ccc(F)cc1)C(N)=O. The molecule has 0 aliphatic heterocycles. The minimum Gasteiger partial charge on any atom is -0.375 e. The predicted molar refractivity (Wildman–Crippen MR) is 75.5 cm³/mol. The molecular weight excluding hydrogens is 245 g/mol. The van der Waals surface area contributed by atoms with Crippen molar-refractivity contribution in [1.29, 1.82) is 0 Å². The molecule has 0 spiro atoms. The summed E-state index contributed by atoms with van der Waals surface area (Å²) in [6.45, 7) is 4.61. The maximum atomic E-state index is 12.8. The van der Waals surface area contributed by atoms with E-state index in [1.54, 1.807) is 12.1 Å². The van der Waals surface area contributed by atoms with Crippen molar-refractivity contribution in [3.05, 3.63) is 30.1 Å². The Labute approximate surface area is 113 Å². The van der Waals surface area contributed by atoms with Crippen LogP contribution in [-0.2, 0) is 4.79 Å². The number of nitrogens with zero attached hydrogens (tertiary/aromatic N) is 1. The number of halogens is 1. The third-order valence-corrected chi connectivity index (χ3v) is 2.90. The maximum absolute atomic E-state index is 12.8. The van der Waals surface area contributed by atoms with Crippen molar-refractivity contribution in [2.45, 2.75) is 32.4 Å². The van der Waals surface area contributed by atoms with E-state index in [9.17, 15) is 9.18 Å². The van der Waals surface area contributed by atoms with Gasteiger partial charge in [-0.2, -0.15) is 0 Å². The topological polar surface area (TPSA) is 58.4 Å². The fraction of sp³-hybridized carbons (Fsp3) is 0.500. The molecule has 1 aromatic carbocycles. The van der Waals surface area contributed by atoms with Gasteiger partial charge in [0.2, 0.25) is 5.91 Å². The van der Waals surface area contributed by atoms with Crippen LogP contribution in [0.1, 0.15) is 20.3 Å². The first-order valence-corrected chi connectivity index (χ1v) is 6.42. The lowest BCUT2D eigenvalue weighted by molar-refractivity contribution is -0.120. The molecule has 1 rings (SSSR count). The molecular formula is C14H22FN3O. The number of nitrogens with one attached hydrogen (secondary N) is 1. The van der Waals surface area contributed by atoms with Crippen LogP contribution in [-0.4, -0.2) is 31.6 Å². The van der Waals surface area contributed by atoms with Crippen LogP contribution in [0.15, 0.2) is 24.3 Å². The molecule has 0 aromatic heterocycles. The smallest absolute Gasteiger partial charge is 0.234 e. The largest absolute Gasteiger partial charge is 0.375 e. The van der Waals surface area contributed by atoms with Gasteiger partial charge >= 0.3 is 0 Å². The quantitative estimate of drug-likeness (QED) is 0.787. The van der Waals surface area contributed by atoms with Crippen molar-refractivity contribution < 1.29 is 9.18 Å². The number of amides is 1. The van der Waals surface area contributed by atoms with Crippen LogP contribution in [0.5, 0.6) is 0 Å². The highest BCUT2D eigenvalue weighted by molar-refractivity contribution is 5.79. The Morgan fingerprint density at radius 3 is 2.42 bits per heavy atom. The number of hydrogen-bond acceptors (Lipinski definition) is 3. The summed E-state index contributed by atoms with van der Waals surface area (Å²) in [6.07, 6.45) is 0.612. The van der Waals surface area contributed by atoms with Gasteiger partial charge in [-0.25, -0.2) is 4.39 Å². The minimum atomic E-state index is -0.346. The molecule has 106 valence electrons.